The maximum absolute atomic E-state index is 13.7. The lowest BCUT2D eigenvalue weighted by Crippen LogP contribution is -1.91. The zero-order valence-electron chi connectivity index (χ0n) is 10.2. The molecule has 0 aliphatic carbocycles. The summed E-state index contributed by atoms with van der Waals surface area (Å²) in [5, 5.41) is 1.43. The zero-order chi connectivity index (χ0) is 13.4. The SMILES string of the molecule is Cc1ccc(-c2ncnc3ccc(Cl)cc23)cc1F. The van der Waals surface area contributed by atoms with Gasteiger partial charge in [0.25, 0.3) is 0 Å². The maximum atomic E-state index is 13.7. The van der Waals surface area contributed by atoms with Crippen molar-refractivity contribution in [1.29, 1.82) is 0 Å². The summed E-state index contributed by atoms with van der Waals surface area (Å²) in [6.07, 6.45) is 1.48. The van der Waals surface area contributed by atoms with Crippen molar-refractivity contribution < 1.29 is 4.39 Å². The van der Waals surface area contributed by atoms with Gasteiger partial charge in [-0.1, -0.05) is 23.7 Å². The van der Waals surface area contributed by atoms with Gasteiger partial charge in [-0.25, -0.2) is 14.4 Å². The van der Waals surface area contributed by atoms with Gasteiger partial charge in [0.2, 0.25) is 0 Å². The van der Waals surface area contributed by atoms with Crippen LogP contribution in [0.25, 0.3) is 22.2 Å². The van der Waals surface area contributed by atoms with Gasteiger partial charge in [-0.15, -0.1) is 0 Å². The van der Waals surface area contributed by atoms with Crippen LogP contribution >= 0.6 is 11.6 Å². The van der Waals surface area contributed by atoms with E-state index in [2.05, 4.69) is 9.97 Å². The van der Waals surface area contributed by atoms with Crippen molar-refractivity contribution in [3.63, 3.8) is 0 Å². The topological polar surface area (TPSA) is 25.8 Å². The Morgan fingerprint density at radius 3 is 2.68 bits per heavy atom. The normalized spacial score (nSPS) is 10.9. The Morgan fingerprint density at radius 1 is 1.05 bits per heavy atom. The van der Waals surface area contributed by atoms with Crippen LogP contribution in [-0.4, -0.2) is 9.97 Å². The van der Waals surface area contributed by atoms with E-state index in [1.165, 1.54) is 12.4 Å². The lowest BCUT2D eigenvalue weighted by atomic mass is 10.0. The van der Waals surface area contributed by atoms with Gasteiger partial charge in [0.15, 0.2) is 0 Å². The van der Waals surface area contributed by atoms with Crippen LogP contribution in [0.4, 0.5) is 4.39 Å². The maximum Gasteiger partial charge on any atom is 0.126 e. The van der Waals surface area contributed by atoms with E-state index in [4.69, 9.17) is 11.6 Å². The van der Waals surface area contributed by atoms with Crippen LogP contribution in [-0.2, 0) is 0 Å². The molecule has 0 bridgehead atoms. The smallest absolute Gasteiger partial charge is 0.126 e. The molecule has 0 atom stereocenters. The number of benzene rings is 2. The molecule has 1 aromatic heterocycles. The largest absolute Gasteiger partial charge is 0.236 e. The molecule has 0 unspecified atom stereocenters. The Hall–Kier alpha value is -2.00. The molecule has 0 saturated carbocycles. The van der Waals surface area contributed by atoms with Crippen LogP contribution < -0.4 is 0 Å². The van der Waals surface area contributed by atoms with Crippen molar-refractivity contribution in [2.24, 2.45) is 0 Å². The van der Waals surface area contributed by atoms with E-state index < -0.39 is 0 Å². The van der Waals surface area contributed by atoms with Crippen LogP contribution in [0.2, 0.25) is 5.02 Å². The van der Waals surface area contributed by atoms with E-state index in [1.54, 1.807) is 25.1 Å². The minimum Gasteiger partial charge on any atom is -0.236 e. The highest BCUT2D eigenvalue weighted by atomic mass is 35.5. The minimum absolute atomic E-state index is 0.244. The molecule has 0 aliphatic rings. The van der Waals surface area contributed by atoms with E-state index in [0.717, 1.165) is 16.5 Å². The van der Waals surface area contributed by atoms with Gasteiger partial charge < -0.3 is 0 Å². The number of fused-ring (bicyclic) bond motifs is 1. The second kappa shape index (κ2) is 4.59. The third kappa shape index (κ3) is 2.17. The third-order valence-corrected chi connectivity index (χ3v) is 3.28. The second-order valence-electron chi connectivity index (χ2n) is 4.35. The summed E-state index contributed by atoms with van der Waals surface area (Å²) < 4.78 is 13.7. The van der Waals surface area contributed by atoms with E-state index in [-0.39, 0.29) is 5.82 Å². The van der Waals surface area contributed by atoms with Crippen LogP contribution in [0.5, 0.6) is 0 Å². The average molecular weight is 273 g/mol. The van der Waals surface area contributed by atoms with Crippen molar-refractivity contribution in [3.05, 3.63) is 59.1 Å². The Morgan fingerprint density at radius 2 is 1.89 bits per heavy atom. The van der Waals surface area contributed by atoms with Gasteiger partial charge in [0.05, 0.1) is 11.2 Å². The molecule has 0 saturated heterocycles. The summed E-state index contributed by atoms with van der Waals surface area (Å²) in [4.78, 5) is 8.44. The highest BCUT2D eigenvalue weighted by Crippen LogP contribution is 2.28. The molecule has 0 amide bonds. The molecular formula is C15H10ClFN2. The molecule has 0 spiro atoms. The first-order valence-corrected chi connectivity index (χ1v) is 6.20. The predicted molar refractivity (Wildman–Crippen MR) is 74.7 cm³/mol. The Labute approximate surface area is 114 Å². The van der Waals surface area contributed by atoms with Crippen LogP contribution in [0.1, 0.15) is 5.56 Å². The number of aromatic nitrogens is 2. The van der Waals surface area contributed by atoms with Crippen molar-refractivity contribution >= 4 is 22.5 Å². The summed E-state index contributed by atoms with van der Waals surface area (Å²) in [5.74, 6) is -0.244. The van der Waals surface area contributed by atoms with Gasteiger partial charge in [-0.3, -0.25) is 0 Å². The van der Waals surface area contributed by atoms with Crippen LogP contribution in [0.3, 0.4) is 0 Å². The highest BCUT2D eigenvalue weighted by Gasteiger charge is 2.08. The van der Waals surface area contributed by atoms with Crippen LogP contribution in [0, 0.1) is 12.7 Å². The van der Waals surface area contributed by atoms with E-state index in [1.807, 2.05) is 12.1 Å². The Balaban J connectivity index is 2.29. The molecule has 3 aromatic rings. The van der Waals surface area contributed by atoms with Gasteiger partial charge in [-0.2, -0.15) is 0 Å². The van der Waals surface area contributed by atoms with Crippen molar-refractivity contribution in [3.8, 4) is 11.3 Å². The number of nitrogens with zero attached hydrogens (tertiary/aromatic N) is 2. The summed E-state index contributed by atoms with van der Waals surface area (Å²) in [6.45, 7) is 1.73. The van der Waals surface area contributed by atoms with Crippen molar-refractivity contribution in [2.45, 2.75) is 6.92 Å². The van der Waals surface area contributed by atoms with Crippen LogP contribution in [0.15, 0.2) is 42.7 Å². The molecular weight excluding hydrogens is 263 g/mol. The van der Waals surface area contributed by atoms with Gasteiger partial charge in [-0.05, 0) is 36.8 Å². The predicted octanol–water partition coefficient (Wildman–Crippen LogP) is 4.40. The molecule has 0 N–H and O–H groups in total. The highest BCUT2D eigenvalue weighted by molar-refractivity contribution is 6.31. The number of aryl methyl sites for hydroxylation is 1. The first-order valence-electron chi connectivity index (χ1n) is 5.82. The molecule has 19 heavy (non-hydrogen) atoms. The van der Waals surface area contributed by atoms with Gasteiger partial charge in [0.1, 0.15) is 12.1 Å². The summed E-state index contributed by atoms with van der Waals surface area (Å²) in [7, 11) is 0. The molecule has 0 radical (unpaired) electrons. The lowest BCUT2D eigenvalue weighted by molar-refractivity contribution is 0.619. The van der Waals surface area contributed by atoms with Gasteiger partial charge in [0, 0.05) is 16.0 Å². The summed E-state index contributed by atoms with van der Waals surface area (Å²) >= 11 is 6.00. The number of halogens is 2. The molecule has 0 fully saturated rings. The number of hydrogen-bond acceptors (Lipinski definition) is 2. The quantitative estimate of drug-likeness (QED) is 0.656. The second-order valence-corrected chi connectivity index (χ2v) is 4.78. The number of rotatable bonds is 1. The molecule has 4 heteroatoms. The number of hydrogen-bond donors (Lipinski definition) is 0. The minimum atomic E-state index is -0.244. The molecule has 2 aromatic carbocycles. The first kappa shape index (κ1) is 12.1. The fourth-order valence-corrected chi connectivity index (χ4v) is 2.17. The first-order chi connectivity index (χ1) is 9.15. The van der Waals surface area contributed by atoms with Crippen molar-refractivity contribution in [1.82, 2.24) is 9.97 Å². The average Bonchev–Trinajstić information content (AvgIpc) is 2.41. The summed E-state index contributed by atoms with van der Waals surface area (Å²) in [6, 6.07) is 10.5. The monoisotopic (exact) mass is 272 g/mol. The molecule has 1 heterocycles. The Bertz CT molecular complexity index is 771. The third-order valence-electron chi connectivity index (χ3n) is 3.04. The Kier molecular flexibility index (Phi) is 2.91. The van der Waals surface area contributed by atoms with E-state index >= 15 is 0 Å². The van der Waals surface area contributed by atoms with Gasteiger partial charge >= 0.3 is 0 Å². The molecule has 2 nitrogen and oxygen atoms in total. The molecule has 0 aliphatic heterocycles. The fourth-order valence-electron chi connectivity index (χ4n) is 2.00. The van der Waals surface area contributed by atoms with E-state index in [9.17, 15) is 4.39 Å². The zero-order valence-corrected chi connectivity index (χ0v) is 10.9. The standard InChI is InChI=1S/C15H10ClFN2/c1-9-2-3-10(6-13(9)17)15-12-7-11(16)4-5-14(12)18-8-19-15/h2-8H,1H3. The molecule has 94 valence electrons. The van der Waals surface area contributed by atoms with Crippen molar-refractivity contribution in [2.75, 3.05) is 0 Å². The summed E-state index contributed by atoms with van der Waals surface area (Å²) in [5.41, 5.74) is 2.81. The molecule has 3 rings (SSSR count). The van der Waals surface area contributed by atoms with E-state index in [0.29, 0.717) is 16.3 Å². The fraction of sp³-hybridized carbons (Fsp3) is 0.0667. The lowest BCUT2D eigenvalue weighted by Gasteiger charge is -2.06.